The summed E-state index contributed by atoms with van der Waals surface area (Å²) in [6, 6.07) is 8.98. The van der Waals surface area contributed by atoms with Gasteiger partial charge in [0.1, 0.15) is 40.3 Å². The Bertz CT molecular complexity index is 2090. The molecule has 3 aliphatic heterocycles. The summed E-state index contributed by atoms with van der Waals surface area (Å²) < 4.78 is 34.2. The van der Waals surface area contributed by atoms with E-state index in [0.717, 1.165) is 35.5 Å². The van der Waals surface area contributed by atoms with E-state index in [2.05, 4.69) is 4.90 Å². The number of piperazine rings is 1. The van der Waals surface area contributed by atoms with Crippen LogP contribution in [0.5, 0.6) is 5.75 Å². The molecule has 2 aromatic heterocycles. The Morgan fingerprint density at radius 3 is 2.24 bits per heavy atom. The average Bonchev–Trinajstić information content (AvgIpc) is 3.38. The monoisotopic (exact) mass is 740 g/mol. The largest absolute Gasteiger partial charge is 0.514 e. The van der Waals surface area contributed by atoms with Crippen molar-refractivity contribution >= 4 is 52.0 Å². The minimum atomic E-state index is -0.868. The summed E-state index contributed by atoms with van der Waals surface area (Å²) in [5.41, 5.74) is 0.230. The van der Waals surface area contributed by atoms with Gasteiger partial charge in [-0.2, -0.15) is 4.98 Å². The molecule has 12 nitrogen and oxygen atoms in total. The third kappa shape index (κ3) is 7.50. The number of halogens is 1. The number of aryl methyl sites for hydroxylation is 1. The summed E-state index contributed by atoms with van der Waals surface area (Å²) in [5, 5.41) is 2.00. The molecule has 2 unspecified atom stereocenters. The van der Waals surface area contributed by atoms with E-state index in [1.165, 1.54) is 0 Å². The highest BCUT2D eigenvalue weighted by molar-refractivity contribution is 6.02. The molecular weight excluding hydrogens is 691 g/mol. The third-order valence-electron chi connectivity index (χ3n) is 10.3. The smallest absolute Gasteiger partial charge is 0.444 e. The minimum Gasteiger partial charge on any atom is -0.444 e. The van der Waals surface area contributed by atoms with Crippen molar-refractivity contribution in [3.8, 4) is 17.0 Å². The minimum absolute atomic E-state index is 0.0403. The first-order valence-corrected chi connectivity index (χ1v) is 18.9. The van der Waals surface area contributed by atoms with Crippen LogP contribution in [-0.4, -0.2) is 87.9 Å². The summed E-state index contributed by atoms with van der Waals surface area (Å²) in [7, 11) is 0. The standard InChI is InChI=1S/C41H49FN6O6/c1-8-25-10-9-11-26-18-29(52-39(51)54-41(5,6)7)19-30(32(25)26)34-33(42)35-31(20-43-34)36(45-37(44-35)46-16-14-24(23-49)15-17-46)47-21-27-12-13-28(22-47)48(27)38(50)53-40(2,3)4/h9-11,18-20,23-24,27-28H,8,12-17,21-22H2,1-7H3. The van der Waals surface area contributed by atoms with Crippen LogP contribution in [0.25, 0.3) is 32.9 Å². The molecule has 5 heterocycles. The number of fused-ring (bicyclic) bond motifs is 4. The van der Waals surface area contributed by atoms with Crippen LogP contribution < -0.4 is 14.5 Å². The number of anilines is 2. The van der Waals surface area contributed by atoms with Crippen molar-refractivity contribution < 1.29 is 33.0 Å². The molecule has 0 radical (unpaired) electrons. The van der Waals surface area contributed by atoms with Gasteiger partial charge in [-0.25, -0.2) is 19.0 Å². The molecule has 2 bridgehead atoms. The fraction of sp³-hybridized carbons (Fsp3) is 0.512. The predicted octanol–water partition coefficient (Wildman–Crippen LogP) is 7.86. The second-order valence-electron chi connectivity index (χ2n) is 16.6. The summed E-state index contributed by atoms with van der Waals surface area (Å²) >= 11 is 0. The van der Waals surface area contributed by atoms with Gasteiger partial charge in [-0.15, -0.1) is 0 Å². The van der Waals surface area contributed by atoms with E-state index in [1.807, 2.05) is 55.7 Å². The predicted molar refractivity (Wildman–Crippen MR) is 205 cm³/mol. The van der Waals surface area contributed by atoms with Gasteiger partial charge in [0.2, 0.25) is 5.95 Å². The number of carbonyl (C=O) groups excluding carboxylic acids is 3. The van der Waals surface area contributed by atoms with Gasteiger partial charge in [0.15, 0.2) is 5.82 Å². The Balaban J connectivity index is 1.34. The molecule has 0 spiro atoms. The highest BCUT2D eigenvalue weighted by Gasteiger charge is 2.45. The number of amides is 1. The first kappa shape index (κ1) is 37.3. The van der Waals surface area contributed by atoms with Gasteiger partial charge in [-0.1, -0.05) is 25.1 Å². The summed E-state index contributed by atoms with van der Waals surface area (Å²) in [5.74, 6) is 0.452. The number of hydrogen-bond donors (Lipinski definition) is 0. The van der Waals surface area contributed by atoms with Crippen molar-refractivity contribution in [2.75, 3.05) is 36.0 Å². The number of carbonyl (C=O) groups is 3. The lowest BCUT2D eigenvalue weighted by molar-refractivity contribution is -0.111. The number of nitrogens with zero attached hydrogens (tertiary/aromatic N) is 6. The van der Waals surface area contributed by atoms with Crippen LogP contribution in [0, 0.1) is 11.7 Å². The van der Waals surface area contributed by atoms with E-state index in [1.54, 1.807) is 39.1 Å². The quantitative estimate of drug-likeness (QED) is 0.109. The zero-order valence-electron chi connectivity index (χ0n) is 32.1. The van der Waals surface area contributed by atoms with Gasteiger partial charge in [0.05, 0.1) is 17.5 Å². The Morgan fingerprint density at radius 1 is 0.926 bits per heavy atom. The number of pyridine rings is 1. The van der Waals surface area contributed by atoms with Gasteiger partial charge in [-0.3, -0.25) is 9.88 Å². The number of aldehydes is 1. The topological polar surface area (TPSA) is 127 Å². The van der Waals surface area contributed by atoms with Crippen LogP contribution in [0.15, 0.2) is 36.5 Å². The number of ether oxygens (including phenoxy) is 3. The van der Waals surface area contributed by atoms with Crippen LogP contribution in [0.1, 0.15) is 79.7 Å². The number of benzene rings is 2. The molecule has 0 aliphatic carbocycles. The molecule has 0 N–H and O–H groups in total. The molecule has 7 rings (SSSR count). The fourth-order valence-corrected chi connectivity index (χ4v) is 7.91. The molecule has 3 saturated heterocycles. The molecular formula is C41H49FN6O6. The SMILES string of the molecule is CCc1cccc2cc(OC(=O)OC(C)(C)C)cc(-c3ncc4c(N5CC6CCC(C5)N6C(=O)OC(C)(C)C)nc(N5CCC(C=O)CC5)nc4c3F)c12. The second kappa shape index (κ2) is 14.3. The maximum Gasteiger partial charge on any atom is 0.514 e. The zero-order chi connectivity index (χ0) is 38.5. The van der Waals surface area contributed by atoms with Gasteiger partial charge >= 0.3 is 12.2 Å². The second-order valence-corrected chi connectivity index (χ2v) is 16.6. The van der Waals surface area contributed by atoms with Crippen LogP contribution >= 0.6 is 0 Å². The molecule has 1 amide bonds. The van der Waals surface area contributed by atoms with Crippen molar-refractivity contribution in [2.24, 2.45) is 5.92 Å². The van der Waals surface area contributed by atoms with Crippen molar-refractivity contribution in [3.63, 3.8) is 0 Å². The van der Waals surface area contributed by atoms with Crippen LogP contribution in [0.4, 0.5) is 25.7 Å². The van der Waals surface area contributed by atoms with Gasteiger partial charge in [0.25, 0.3) is 0 Å². The van der Waals surface area contributed by atoms with Crippen molar-refractivity contribution in [1.82, 2.24) is 19.9 Å². The highest BCUT2D eigenvalue weighted by atomic mass is 19.1. The van der Waals surface area contributed by atoms with Crippen LogP contribution in [0.3, 0.4) is 0 Å². The zero-order valence-corrected chi connectivity index (χ0v) is 32.1. The van der Waals surface area contributed by atoms with Crippen molar-refractivity contribution in [3.05, 3.63) is 47.9 Å². The first-order valence-electron chi connectivity index (χ1n) is 18.9. The van der Waals surface area contributed by atoms with E-state index in [-0.39, 0.29) is 41.1 Å². The van der Waals surface area contributed by atoms with Crippen molar-refractivity contribution in [2.45, 2.75) is 104 Å². The number of piperidine rings is 1. The van der Waals surface area contributed by atoms with E-state index in [4.69, 9.17) is 29.2 Å². The lowest BCUT2D eigenvalue weighted by atomic mass is 9.95. The van der Waals surface area contributed by atoms with E-state index < -0.39 is 23.2 Å². The lowest BCUT2D eigenvalue weighted by Gasteiger charge is -2.42. The molecule has 54 heavy (non-hydrogen) atoms. The Morgan fingerprint density at radius 2 is 1.61 bits per heavy atom. The van der Waals surface area contributed by atoms with E-state index >= 15 is 4.39 Å². The van der Waals surface area contributed by atoms with Crippen LogP contribution in [-0.2, 0) is 20.7 Å². The average molecular weight is 741 g/mol. The maximum absolute atomic E-state index is 17.4. The Hall–Kier alpha value is -5.07. The van der Waals surface area contributed by atoms with E-state index in [9.17, 15) is 14.4 Å². The van der Waals surface area contributed by atoms with Gasteiger partial charge < -0.3 is 28.8 Å². The fourth-order valence-electron chi connectivity index (χ4n) is 7.91. The number of rotatable bonds is 6. The summed E-state index contributed by atoms with van der Waals surface area (Å²) in [6.45, 7) is 15.0. The maximum atomic E-state index is 17.4. The molecule has 2 atom stereocenters. The van der Waals surface area contributed by atoms with Gasteiger partial charge in [-0.05, 0) is 102 Å². The molecule has 4 aromatic rings. The molecule has 286 valence electrons. The third-order valence-corrected chi connectivity index (χ3v) is 10.3. The molecule has 3 aliphatic rings. The Labute approximate surface area is 315 Å². The van der Waals surface area contributed by atoms with Crippen LogP contribution in [0.2, 0.25) is 0 Å². The number of aromatic nitrogens is 3. The van der Waals surface area contributed by atoms with E-state index in [0.29, 0.717) is 68.2 Å². The van der Waals surface area contributed by atoms with Crippen molar-refractivity contribution in [1.29, 1.82) is 0 Å². The molecule has 3 fully saturated rings. The normalized spacial score (nSPS) is 19.4. The highest BCUT2D eigenvalue weighted by Crippen LogP contribution is 2.41. The molecule has 13 heteroatoms. The lowest BCUT2D eigenvalue weighted by Crippen LogP contribution is -2.57. The summed E-state index contributed by atoms with van der Waals surface area (Å²) in [4.78, 5) is 58.3. The summed E-state index contributed by atoms with van der Waals surface area (Å²) in [6.07, 6.45) is 5.05. The number of hydrogen-bond acceptors (Lipinski definition) is 11. The Kier molecular flexibility index (Phi) is 9.86. The molecule has 2 aromatic carbocycles. The molecule has 0 saturated carbocycles. The first-order chi connectivity index (χ1) is 25.6. The van der Waals surface area contributed by atoms with Gasteiger partial charge in [0, 0.05) is 43.9 Å².